The van der Waals surface area contributed by atoms with E-state index < -0.39 is 0 Å². The van der Waals surface area contributed by atoms with Crippen LogP contribution in [-0.2, 0) is 6.42 Å². The molecule has 0 atom stereocenters. The maximum atomic E-state index is 4.74. The summed E-state index contributed by atoms with van der Waals surface area (Å²) in [6.07, 6.45) is 5.14. The van der Waals surface area contributed by atoms with Gasteiger partial charge in [0.15, 0.2) is 0 Å². The van der Waals surface area contributed by atoms with Crippen molar-refractivity contribution < 1.29 is 0 Å². The molecule has 0 saturated heterocycles. The second-order valence-corrected chi connectivity index (χ2v) is 6.90. The van der Waals surface area contributed by atoms with Gasteiger partial charge in [-0.1, -0.05) is 19.9 Å². The van der Waals surface area contributed by atoms with E-state index >= 15 is 0 Å². The van der Waals surface area contributed by atoms with E-state index in [-0.39, 0.29) is 0 Å². The zero-order chi connectivity index (χ0) is 13.2. The predicted molar refractivity (Wildman–Crippen MR) is 83.1 cm³/mol. The SMILES string of the molecule is CC(C)c1nc2cc(CCCNC3CC3)ccc2s1. The molecule has 1 heterocycles. The van der Waals surface area contributed by atoms with Gasteiger partial charge < -0.3 is 5.32 Å². The lowest BCUT2D eigenvalue weighted by Gasteiger charge is -2.03. The van der Waals surface area contributed by atoms with E-state index in [1.807, 2.05) is 11.3 Å². The summed E-state index contributed by atoms with van der Waals surface area (Å²) in [5.74, 6) is 0.531. The lowest BCUT2D eigenvalue weighted by atomic mass is 10.1. The van der Waals surface area contributed by atoms with Crippen molar-refractivity contribution >= 4 is 21.6 Å². The summed E-state index contributed by atoms with van der Waals surface area (Å²) >= 11 is 1.83. The van der Waals surface area contributed by atoms with Crippen LogP contribution in [0.1, 0.15) is 49.6 Å². The molecule has 3 rings (SSSR count). The number of fused-ring (bicyclic) bond motifs is 1. The number of rotatable bonds is 6. The van der Waals surface area contributed by atoms with Gasteiger partial charge in [0.25, 0.3) is 0 Å². The number of aromatic nitrogens is 1. The Kier molecular flexibility index (Phi) is 3.85. The molecule has 102 valence electrons. The number of thiazole rings is 1. The van der Waals surface area contributed by atoms with Crippen molar-refractivity contribution in [2.45, 2.75) is 51.5 Å². The first-order valence-corrected chi connectivity index (χ1v) is 8.17. The maximum Gasteiger partial charge on any atom is 0.0963 e. The van der Waals surface area contributed by atoms with Gasteiger partial charge >= 0.3 is 0 Å². The van der Waals surface area contributed by atoms with Gasteiger partial charge in [-0.2, -0.15) is 0 Å². The van der Waals surface area contributed by atoms with Crippen molar-refractivity contribution in [3.8, 4) is 0 Å². The standard InChI is InChI=1S/C16H22N2S/c1-11(2)16-18-14-10-12(5-8-15(14)19-16)4-3-9-17-13-6-7-13/h5,8,10-11,13,17H,3-4,6-7,9H2,1-2H3. The Hall–Kier alpha value is -0.930. The molecular weight excluding hydrogens is 252 g/mol. The highest BCUT2D eigenvalue weighted by Gasteiger charge is 2.19. The van der Waals surface area contributed by atoms with Crippen molar-refractivity contribution in [3.05, 3.63) is 28.8 Å². The monoisotopic (exact) mass is 274 g/mol. The number of nitrogens with one attached hydrogen (secondary N) is 1. The number of aryl methyl sites for hydroxylation is 1. The molecule has 2 nitrogen and oxygen atoms in total. The number of hydrogen-bond acceptors (Lipinski definition) is 3. The van der Waals surface area contributed by atoms with E-state index in [1.54, 1.807) is 0 Å². The first-order chi connectivity index (χ1) is 9.22. The number of benzene rings is 1. The minimum absolute atomic E-state index is 0.531. The van der Waals surface area contributed by atoms with E-state index in [0.29, 0.717) is 5.92 Å². The van der Waals surface area contributed by atoms with Gasteiger partial charge in [-0.05, 0) is 49.9 Å². The van der Waals surface area contributed by atoms with Crippen LogP contribution in [0.3, 0.4) is 0 Å². The summed E-state index contributed by atoms with van der Waals surface area (Å²) in [6, 6.07) is 7.61. The van der Waals surface area contributed by atoms with Gasteiger partial charge in [0.1, 0.15) is 0 Å². The van der Waals surface area contributed by atoms with E-state index in [0.717, 1.165) is 19.0 Å². The molecule has 1 aliphatic rings. The summed E-state index contributed by atoms with van der Waals surface area (Å²) in [5, 5.41) is 4.82. The average Bonchev–Trinajstić information content (AvgIpc) is 3.11. The molecule has 0 bridgehead atoms. The van der Waals surface area contributed by atoms with Crippen LogP contribution in [-0.4, -0.2) is 17.6 Å². The van der Waals surface area contributed by atoms with Crippen molar-refractivity contribution in [1.29, 1.82) is 0 Å². The lowest BCUT2D eigenvalue weighted by Crippen LogP contribution is -2.17. The zero-order valence-electron chi connectivity index (χ0n) is 11.8. The number of hydrogen-bond donors (Lipinski definition) is 1. The molecule has 2 aromatic rings. The summed E-state index contributed by atoms with van der Waals surface area (Å²) in [4.78, 5) is 4.74. The minimum Gasteiger partial charge on any atom is -0.314 e. The smallest absolute Gasteiger partial charge is 0.0963 e. The van der Waals surface area contributed by atoms with E-state index in [1.165, 1.54) is 40.1 Å². The van der Waals surface area contributed by atoms with Crippen LogP contribution in [0.15, 0.2) is 18.2 Å². The Morgan fingerprint density at radius 1 is 1.37 bits per heavy atom. The molecule has 1 aliphatic carbocycles. The minimum atomic E-state index is 0.531. The third-order valence-corrected chi connectivity index (χ3v) is 4.95. The molecule has 1 saturated carbocycles. The molecule has 19 heavy (non-hydrogen) atoms. The van der Waals surface area contributed by atoms with Crippen LogP contribution >= 0.6 is 11.3 Å². The van der Waals surface area contributed by atoms with Crippen LogP contribution in [0.25, 0.3) is 10.2 Å². The average molecular weight is 274 g/mol. The molecule has 0 aliphatic heterocycles. The molecule has 1 fully saturated rings. The third-order valence-electron chi connectivity index (χ3n) is 3.62. The molecule has 1 aromatic heterocycles. The zero-order valence-corrected chi connectivity index (χ0v) is 12.6. The second-order valence-electron chi connectivity index (χ2n) is 5.84. The summed E-state index contributed by atoms with van der Waals surface area (Å²) in [7, 11) is 0. The topological polar surface area (TPSA) is 24.9 Å². The molecule has 3 heteroatoms. The largest absolute Gasteiger partial charge is 0.314 e. The van der Waals surface area contributed by atoms with Crippen LogP contribution in [0.4, 0.5) is 0 Å². The Morgan fingerprint density at radius 3 is 2.95 bits per heavy atom. The summed E-state index contributed by atoms with van der Waals surface area (Å²) in [5.41, 5.74) is 2.60. The highest BCUT2D eigenvalue weighted by atomic mass is 32.1. The van der Waals surface area contributed by atoms with Crippen molar-refractivity contribution in [3.63, 3.8) is 0 Å². The fourth-order valence-electron chi connectivity index (χ4n) is 2.28. The molecule has 0 radical (unpaired) electrons. The van der Waals surface area contributed by atoms with Gasteiger partial charge in [0.05, 0.1) is 15.2 Å². The van der Waals surface area contributed by atoms with Crippen LogP contribution in [0.2, 0.25) is 0 Å². The number of nitrogens with zero attached hydrogens (tertiary/aromatic N) is 1. The highest BCUT2D eigenvalue weighted by molar-refractivity contribution is 7.18. The van der Waals surface area contributed by atoms with E-state index in [9.17, 15) is 0 Å². The predicted octanol–water partition coefficient (Wildman–Crippen LogP) is 4.10. The van der Waals surface area contributed by atoms with Gasteiger partial charge in [0, 0.05) is 12.0 Å². The molecule has 0 spiro atoms. The van der Waals surface area contributed by atoms with Crippen molar-refractivity contribution in [1.82, 2.24) is 10.3 Å². The second kappa shape index (κ2) is 5.59. The summed E-state index contributed by atoms with van der Waals surface area (Å²) in [6.45, 7) is 5.57. The molecule has 1 aromatic carbocycles. The molecular formula is C16H22N2S. The van der Waals surface area contributed by atoms with Gasteiger partial charge in [-0.25, -0.2) is 4.98 Å². The lowest BCUT2D eigenvalue weighted by molar-refractivity contribution is 0.646. The van der Waals surface area contributed by atoms with Crippen LogP contribution in [0.5, 0.6) is 0 Å². The Balaban J connectivity index is 1.62. The third kappa shape index (κ3) is 3.34. The first kappa shape index (κ1) is 13.1. The molecule has 1 N–H and O–H groups in total. The quantitative estimate of drug-likeness (QED) is 0.802. The Bertz CT molecular complexity index is 555. The van der Waals surface area contributed by atoms with Gasteiger partial charge in [0.2, 0.25) is 0 Å². The molecule has 0 amide bonds. The Morgan fingerprint density at radius 2 is 2.21 bits per heavy atom. The fraction of sp³-hybridized carbons (Fsp3) is 0.562. The van der Waals surface area contributed by atoms with Gasteiger partial charge in [-0.3, -0.25) is 0 Å². The van der Waals surface area contributed by atoms with E-state index in [2.05, 4.69) is 37.4 Å². The summed E-state index contributed by atoms with van der Waals surface area (Å²) < 4.78 is 1.32. The first-order valence-electron chi connectivity index (χ1n) is 7.35. The van der Waals surface area contributed by atoms with Crippen molar-refractivity contribution in [2.75, 3.05) is 6.54 Å². The van der Waals surface area contributed by atoms with Crippen molar-refractivity contribution in [2.24, 2.45) is 0 Å². The highest BCUT2D eigenvalue weighted by Crippen LogP contribution is 2.28. The maximum absolute atomic E-state index is 4.74. The fourth-order valence-corrected chi connectivity index (χ4v) is 3.23. The van der Waals surface area contributed by atoms with Crippen LogP contribution < -0.4 is 5.32 Å². The Labute approximate surface area is 119 Å². The van der Waals surface area contributed by atoms with E-state index in [4.69, 9.17) is 4.98 Å². The van der Waals surface area contributed by atoms with Crippen LogP contribution in [0, 0.1) is 0 Å². The van der Waals surface area contributed by atoms with Gasteiger partial charge in [-0.15, -0.1) is 11.3 Å². The normalized spacial score (nSPS) is 15.5. The molecule has 0 unspecified atom stereocenters.